The lowest BCUT2D eigenvalue weighted by Gasteiger charge is -2.32. The molecule has 3 rings (SSSR count). The number of β-amino-alcohol motifs (C(OH)–C–C–N with tert-alkyl or cyclic N) is 1. The Labute approximate surface area is 139 Å². The van der Waals surface area contributed by atoms with E-state index in [-0.39, 0.29) is 19.8 Å². The van der Waals surface area contributed by atoms with E-state index in [1.165, 1.54) is 4.90 Å². The Hall–Kier alpha value is -2.12. The van der Waals surface area contributed by atoms with Gasteiger partial charge in [0.05, 0.1) is 37.3 Å². The SMILES string of the molecule is CCOC(=O)[C@@H]1[C@H]2[C@H](O)[C@H](O)CN(C(=O)OCc3ccccc3)[C@@H]12. The number of carbonyl (C=O) groups excluding carboxylic acids is 2. The highest BCUT2D eigenvalue weighted by Crippen LogP contribution is 2.50. The van der Waals surface area contributed by atoms with Crippen LogP contribution in [0.15, 0.2) is 30.3 Å². The van der Waals surface area contributed by atoms with Gasteiger partial charge >= 0.3 is 12.1 Å². The van der Waals surface area contributed by atoms with E-state index < -0.39 is 42.1 Å². The van der Waals surface area contributed by atoms with Gasteiger partial charge in [0.25, 0.3) is 0 Å². The summed E-state index contributed by atoms with van der Waals surface area (Å²) in [7, 11) is 0. The molecule has 1 aromatic carbocycles. The number of hydrogen-bond donors (Lipinski definition) is 2. The number of hydrogen-bond acceptors (Lipinski definition) is 6. The molecule has 2 aliphatic rings. The van der Waals surface area contributed by atoms with Crippen LogP contribution in [-0.4, -0.2) is 58.6 Å². The van der Waals surface area contributed by atoms with Crippen molar-refractivity contribution in [3.8, 4) is 0 Å². The molecule has 0 bridgehead atoms. The quantitative estimate of drug-likeness (QED) is 0.780. The summed E-state index contributed by atoms with van der Waals surface area (Å²) < 4.78 is 10.3. The van der Waals surface area contributed by atoms with Crippen molar-refractivity contribution < 1.29 is 29.3 Å². The highest BCUT2D eigenvalue weighted by molar-refractivity contribution is 5.80. The van der Waals surface area contributed by atoms with Gasteiger partial charge in [-0.25, -0.2) is 4.79 Å². The Morgan fingerprint density at radius 2 is 1.92 bits per heavy atom. The van der Waals surface area contributed by atoms with Crippen molar-refractivity contribution >= 4 is 12.1 Å². The van der Waals surface area contributed by atoms with Gasteiger partial charge in [-0.1, -0.05) is 30.3 Å². The van der Waals surface area contributed by atoms with Crippen LogP contribution in [0.25, 0.3) is 0 Å². The zero-order valence-electron chi connectivity index (χ0n) is 13.4. The number of ether oxygens (including phenoxy) is 2. The van der Waals surface area contributed by atoms with E-state index in [9.17, 15) is 19.8 Å². The summed E-state index contributed by atoms with van der Waals surface area (Å²) in [6.07, 6.45) is -2.75. The molecule has 0 unspecified atom stereocenters. The minimum atomic E-state index is -1.10. The van der Waals surface area contributed by atoms with Gasteiger partial charge in [0.2, 0.25) is 0 Å². The first-order chi connectivity index (χ1) is 11.5. The Morgan fingerprint density at radius 1 is 1.21 bits per heavy atom. The van der Waals surface area contributed by atoms with Gasteiger partial charge in [0, 0.05) is 5.92 Å². The van der Waals surface area contributed by atoms with E-state index in [0.29, 0.717) is 0 Å². The molecule has 24 heavy (non-hydrogen) atoms. The van der Waals surface area contributed by atoms with E-state index in [2.05, 4.69) is 0 Å². The maximum Gasteiger partial charge on any atom is 0.410 e. The van der Waals surface area contributed by atoms with Gasteiger partial charge in [-0.05, 0) is 12.5 Å². The molecule has 0 spiro atoms. The molecule has 130 valence electrons. The Kier molecular flexibility index (Phi) is 4.73. The predicted molar refractivity (Wildman–Crippen MR) is 82.7 cm³/mol. The Bertz CT molecular complexity index is 606. The number of carbonyl (C=O) groups is 2. The van der Waals surface area contributed by atoms with Crippen LogP contribution >= 0.6 is 0 Å². The fourth-order valence-corrected chi connectivity index (χ4v) is 3.36. The molecule has 0 radical (unpaired) electrons. The van der Waals surface area contributed by atoms with Crippen LogP contribution in [0.3, 0.4) is 0 Å². The number of nitrogens with zero attached hydrogens (tertiary/aromatic N) is 1. The normalized spacial score (nSPS) is 31.1. The summed E-state index contributed by atoms with van der Waals surface area (Å²) in [4.78, 5) is 25.6. The molecular formula is C17H21NO6. The molecule has 7 heteroatoms. The van der Waals surface area contributed by atoms with Crippen molar-refractivity contribution in [3.63, 3.8) is 0 Å². The third-order valence-corrected chi connectivity index (χ3v) is 4.57. The van der Waals surface area contributed by atoms with Gasteiger partial charge < -0.3 is 24.6 Å². The Balaban J connectivity index is 1.66. The van der Waals surface area contributed by atoms with Gasteiger partial charge in [0.1, 0.15) is 6.61 Å². The molecule has 5 atom stereocenters. The first-order valence-corrected chi connectivity index (χ1v) is 8.04. The minimum absolute atomic E-state index is 0.0636. The third kappa shape index (κ3) is 3.09. The van der Waals surface area contributed by atoms with Crippen molar-refractivity contribution in [3.05, 3.63) is 35.9 Å². The standard InChI is InChI=1S/C17H21NO6/c1-2-23-16(21)13-12-14(13)18(8-11(19)15(12)20)17(22)24-9-10-6-4-3-5-7-10/h3-7,11-15,19-20H,2,8-9H2,1H3/t11-,12-,13-,14-,15-/m1/s1. The second-order valence-corrected chi connectivity index (χ2v) is 6.10. The van der Waals surface area contributed by atoms with E-state index in [0.717, 1.165) is 5.56 Å². The van der Waals surface area contributed by atoms with Gasteiger partial charge in [-0.3, -0.25) is 4.79 Å². The molecule has 1 aliphatic carbocycles. The number of amides is 1. The van der Waals surface area contributed by atoms with Crippen LogP contribution in [0.1, 0.15) is 12.5 Å². The van der Waals surface area contributed by atoms with Gasteiger partial charge in [0.15, 0.2) is 0 Å². The summed E-state index contributed by atoms with van der Waals surface area (Å²) in [6.45, 7) is 1.97. The van der Waals surface area contributed by atoms with Crippen LogP contribution in [0, 0.1) is 11.8 Å². The molecule has 1 saturated heterocycles. The van der Waals surface area contributed by atoms with Crippen LogP contribution in [0.5, 0.6) is 0 Å². The summed E-state index contributed by atoms with van der Waals surface area (Å²) >= 11 is 0. The second-order valence-electron chi connectivity index (χ2n) is 6.10. The van der Waals surface area contributed by atoms with Crippen LogP contribution < -0.4 is 0 Å². The third-order valence-electron chi connectivity index (χ3n) is 4.57. The van der Waals surface area contributed by atoms with Crippen molar-refractivity contribution in [2.24, 2.45) is 11.8 Å². The van der Waals surface area contributed by atoms with E-state index >= 15 is 0 Å². The van der Waals surface area contributed by atoms with Gasteiger partial charge in [-0.15, -0.1) is 0 Å². The molecule has 2 fully saturated rings. The van der Waals surface area contributed by atoms with E-state index in [4.69, 9.17) is 9.47 Å². The lowest BCUT2D eigenvalue weighted by Crippen LogP contribution is -2.50. The topological polar surface area (TPSA) is 96.3 Å². The summed E-state index contributed by atoms with van der Waals surface area (Å²) in [5.74, 6) is -1.57. The summed E-state index contributed by atoms with van der Waals surface area (Å²) in [6, 6.07) is 8.75. The van der Waals surface area contributed by atoms with E-state index in [1.807, 2.05) is 30.3 Å². The molecular weight excluding hydrogens is 314 g/mol. The molecule has 7 nitrogen and oxygen atoms in total. The van der Waals surface area contributed by atoms with Crippen molar-refractivity contribution in [1.29, 1.82) is 0 Å². The average Bonchev–Trinajstić information content (AvgIpc) is 3.33. The first kappa shape index (κ1) is 16.7. The predicted octanol–water partition coefficient (Wildman–Crippen LogP) is 0.538. The fraction of sp³-hybridized carbons (Fsp3) is 0.529. The number of aliphatic hydroxyl groups is 2. The lowest BCUT2D eigenvalue weighted by atomic mass is 10.0. The summed E-state index contributed by atoms with van der Waals surface area (Å²) in [5, 5.41) is 20.0. The van der Waals surface area contributed by atoms with Crippen LogP contribution in [0.4, 0.5) is 4.79 Å². The molecule has 1 aromatic rings. The first-order valence-electron chi connectivity index (χ1n) is 8.04. The van der Waals surface area contributed by atoms with Crippen molar-refractivity contribution in [2.75, 3.05) is 13.2 Å². The number of rotatable bonds is 4. The number of likely N-dealkylation sites (tertiary alicyclic amines) is 1. The smallest absolute Gasteiger partial charge is 0.410 e. The highest BCUT2D eigenvalue weighted by Gasteiger charge is 2.67. The van der Waals surface area contributed by atoms with Crippen LogP contribution in [0.2, 0.25) is 0 Å². The molecule has 1 amide bonds. The zero-order valence-corrected chi connectivity index (χ0v) is 13.4. The molecule has 0 aromatic heterocycles. The molecule has 2 N–H and O–H groups in total. The number of benzene rings is 1. The highest BCUT2D eigenvalue weighted by atomic mass is 16.6. The average molecular weight is 335 g/mol. The number of fused-ring (bicyclic) bond motifs is 1. The lowest BCUT2D eigenvalue weighted by molar-refractivity contribution is -0.145. The molecule has 1 heterocycles. The van der Waals surface area contributed by atoms with Gasteiger partial charge in [-0.2, -0.15) is 0 Å². The monoisotopic (exact) mass is 335 g/mol. The zero-order chi connectivity index (χ0) is 17.3. The van der Waals surface area contributed by atoms with Crippen molar-refractivity contribution in [2.45, 2.75) is 31.8 Å². The number of esters is 1. The Morgan fingerprint density at radius 3 is 2.58 bits per heavy atom. The van der Waals surface area contributed by atoms with Crippen LogP contribution in [-0.2, 0) is 20.9 Å². The fourth-order valence-electron chi connectivity index (χ4n) is 3.36. The minimum Gasteiger partial charge on any atom is -0.466 e. The largest absolute Gasteiger partial charge is 0.466 e. The molecule has 1 aliphatic heterocycles. The number of piperidine rings is 1. The maximum absolute atomic E-state index is 12.3. The second kappa shape index (κ2) is 6.78. The van der Waals surface area contributed by atoms with E-state index in [1.54, 1.807) is 6.92 Å². The van der Waals surface area contributed by atoms with Crippen molar-refractivity contribution in [1.82, 2.24) is 4.90 Å². The number of aliphatic hydroxyl groups excluding tert-OH is 2. The summed E-state index contributed by atoms with van der Waals surface area (Å²) in [5.41, 5.74) is 0.845. The molecule has 1 saturated carbocycles. The maximum atomic E-state index is 12.3.